The summed E-state index contributed by atoms with van der Waals surface area (Å²) in [5, 5.41) is 9.47. The highest BCUT2D eigenvalue weighted by molar-refractivity contribution is 5.87. The minimum atomic E-state index is -0.919. The molecule has 1 aliphatic rings. The molecule has 0 radical (unpaired) electrons. The number of carboxylic acid groups (broad SMARTS) is 1. The first-order valence-electron chi connectivity index (χ1n) is 7.28. The molecular weight excluding hydrogens is 278 g/mol. The van der Waals surface area contributed by atoms with E-state index in [4.69, 9.17) is 0 Å². The molecule has 2 aromatic rings. The lowest BCUT2D eigenvalue weighted by Gasteiger charge is -2.27. The Morgan fingerprint density at radius 3 is 2.23 bits per heavy atom. The number of benzene rings is 2. The van der Waals surface area contributed by atoms with Gasteiger partial charge in [0.05, 0.1) is 12.0 Å². The average Bonchev–Trinajstić information content (AvgIpc) is 2.86. The van der Waals surface area contributed by atoms with Crippen molar-refractivity contribution in [3.05, 3.63) is 71.8 Å². The highest BCUT2D eigenvalue weighted by Crippen LogP contribution is 2.39. The number of hydrogen-bond acceptors (Lipinski definition) is 2. The lowest BCUT2D eigenvalue weighted by molar-refractivity contribution is -0.142. The summed E-state index contributed by atoms with van der Waals surface area (Å²) in [6.07, 6.45) is 0.0573. The summed E-state index contributed by atoms with van der Waals surface area (Å²) in [5.41, 5.74) is 1.87. The van der Waals surface area contributed by atoms with Crippen LogP contribution in [0.2, 0.25) is 0 Å². The van der Waals surface area contributed by atoms with E-state index in [0.29, 0.717) is 6.54 Å². The summed E-state index contributed by atoms with van der Waals surface area (Å²) in [6.45, 7) is 0.434. The molecule has 22 heavy (non-hydrogen) atoms. The summed E-state index contributed by atoms with van der Waals surface area (Å²) < 4.78 is 0. The monoisotopic (exact) mass is 295 g/mol. The Morgan fingerprint density at radius 1 is 1.05 bits per heavy atom. The molecule has 0 spiro atoms. The number of carbonyl (C=O) groups excluding carboxylic acids is 1. The van der Waals surface area contributed by atoms with Crippen LogP contribution in [-0.4, -0.2) is 21.9 Å². The van der Waals surface area contributed by atoms with Crippen LogP contribution < -0.4 is 0 Å². The van der Waals surface area contributed by atoms with Gasteiger partial charge in [0.1, 0.15) is 0 Å². The van der Waals surface area contributed by atoms with Gasteiger partial charge in [0.2, 0.25) is 5.91 Å². The Balaban J connectivity index is 1.95. The van der Waals surface area contributed by atoms with Crippen molar-refractivity contribution in [2.45, 2.75) is 19.0 Å². The molecule has 112 valence electrons. The van der Waals surface area contributed by atoms with Crippen LogP contribution in [0.4, 0.5) is 0 Å². The predicted molar refractivity (Wildman–Crippen MR) is 81.9 cm³/mol. The Hall–Kier alpha value is -2.62. The minimum absolute atomic E-state index is 0.0573. The highest BCUT2D eigenvalue weighted by Gasteiger charge is 2.44. The second-order valence-corrected chi connectivity index (χ2v) is 5.51. The predicted octanol–water partition coefficient (Wildman–Crippen LogP) is 2.86. The smallest absolute Gasteiger partial charge is 0.309 e. The fourth-order valence-electron chi connectivity index (χ4n) is 3.04. The molecule has 1 fully saturated rings. The largest absolute Gasteiger partial charge is 0.481 e. The molecule has 2 atom stereocenters. The first-order chi connectivity index (χ1) is 10.7. The van der Waals surface area contributed by atoms with E-state index in [1.807, 2.05) is 60.7 Å². The topological polar surface area (TPSA) is 57.6 Å². The fraction of sp³-hybridized carbons (Fsp3) is 0.222. The third kappa shape index (κ3) is 2.72. The van der Waals surface area contributed by atoms with Gasteiger partial charge in [-0.3, -0.25) is 9.59 Å². The first-order valence-corrected chi connectivity index (χ1v) is 7.28. The highest BCUT2D eigenvalue weighted by atomic mass is 16.4. The zero-order valence-electron chi connectivity index (χ0n) is 12.1. The van der Waals surface area contributed by atoms with E-state index in [1.54, 1.807) is 4.90 Å². The second kappa shape index (κ2) is 6.02. The van der Waals surface area contributed by atoms with E-state index < -0.39 is 17.9 Å². The quantitative estimate of drug-likeness (QED) is 0.943. The zero-order chi connectivity index (χ0) is 15.5. The van der Waals surface area contributed by atoms with Crippen molar-refractivity contribution in [2.24, 2.45) is 5.92 Å². The Labute approximate surface area is 129 Å². The minimum Gasteiger partial charge on any atom is -0.481 e. The van der Waals surface area contributed by atoms with Gasteiger partial charge in [0.15, 0.2) is 0 Å². The van der Waals surface area contributed by atoms with E-state index >= 15 is 0 Å². The number of nitrogens with zero attached hydrogens (tertiary/aromatic N) is 1. The van der Waals surface area contributed by atoms with Crippen LogP contribution in [-0.2, 0) is 16.1 Å². The molecule has 4 heteroatoms. The molecule has 0 aliphatic carbocycles. The molecule has 4 nitrogen and oxygen atoms in total. The van der Waals surface area contributed by atoms with E-state index in [1.165, 1.54) is 0 Å². The molecule has 1 aliphatic heterocycles. The zero-order valence-corrected chi connectivity index (χ0v) is 12.1. The fourth-order valence-corrected chi connectivity index (χ4v) is 3.04. The van der Waals surface area contributed by atoms with Gasteiger partial charge < -0.3 is 10.0 Å². The number of hydrogen-bond donors (Lipinski definition) is 1. The third-order valence-corrected chi connectivity index (χ3v) is 4.09. The van der Waals surface area contributed by atoms with E-state index in [9.17, 15) is 14.7 Å². The van der Waals surface area contributed by atoms with Crippen molar-refractivity contribution in [2.75, 3.05) is 0 Å². The van der Waals surface area contributed by atoms with Gasteiger partial charge in [-0.25, -0.2) is 0 Å². The summed E-state index contributed by atoms with van der Waals surface area (Å²) >= 11 is 0. The number of amides is 1. The van der Waals surface area contributed by atoms with Crippen molar-refractivity contribution in [1.29, 1.82) is 0 Å². The molecule has 1 heterocycles. The van der Waals surface area contributed by atoms with Crippen LogP contribution in [0.25, 0.3) is 0 Å². The summed E-state index contributed by atoms with van der Waals surface area (Å²) in [5.74, 6) is -1.72. The Kier molecular flexibility index (Phi) is 3.92. The van der Waals surface area contributed by atoms with Crippen molar-refractivity contribution in [3.8, 4) is 0 Å². The molecule has 1 saturated heterocycles. The first kappa shape index (κ1) is 14.3. The van der Waals surface area contributed by atoms with E-state index in [2.05, 4.69) is 0 Å². The van der Waals surface area contributed by atoms with Gasteiger partial charge >= 0.3 is 5.97 Å². The van der Waals surface area contributed by atoms with Gasteiger partial charge in [-0.2, -0.15) is 0 Å². The second-order valence-electron chi connectivity index (χ2n) is 5.51. The van der Waals surface area contributed by atoms with Crippen LogP contribution in [0.15, 0.2) is 60.7 Å². The molecule has 0 bridgehead atoms. The maximum absolute atomic E-state index is 12.3. The summed E-state index contributed by atoms with van der Waals surface area (Å²) in [6, 6.07) is 18.6. The Morgan fingerprint density at radius 2 is 1.64 bits per heavy atom. The van der Waals surface area contributed by atoms with Gasteiger partial charge in [-0.05, 0) is 11.1 Å². The molecule has 3 rings (SSSR count). The van der Waals surface area contributed by atoms with Crippen molar-refractivity contribution in [1.82, 2.24) is 4.90 Å². The maximum Gasteiger partial charge on any atom is 0.309 e. The molecule has 2 aromatic carbocycles. The molecule has 0 saturated carbocycles. The standard InChI is InChI=1S/C18H17NO3/c20-16-11-15(18(21)22)17(14-9-5-2-6-10-14)19(16)12-13-7-3-1-4-8-13/h1-10,15,17H,11-12H2,(H,21,22)/t15-,17+/m0/s1. The lowest BCUT2D eigenvalue weighted by atomic mass is 9.93. The third-order valence-electron chi connectivity index (χ3n) is 4.09. The van der Waals surface area contributed by atoms with Gasteiger partial charge in [-0.1, -0.05) is 60.7 Å². The number of likely N-dealkylation sites (tertiary alicyclic amines) is 1. The number of carboxylic acids is 1. The van der Waals surface area contributed by atoms with Crippen molar-refractivity contribution >= 4 is 11.9 Å². The molecule has 0 aromatic heterocycles. The van der Waals surface area contributed by atoms with Crippen LogP contribution in [0.1, 0.15) is 23.6 Å². The van der Waals surface area contributed by atoms with E-state index in [-0.39, 0.29) is 12.3 Å². The number of carbonyl (C=O) groups is 2. The molecular formula is C18H17NO3. The number of rotatable bonds is 4. The SMILES string of the molecule is O=C(O)[C@H]1CC(=O)N(Cc2ccccc2)[C@@H]1c1ccccc1. The van der Waals surface area contributed by atoms with Crippen LogP contribution >= 0.6 is 0 Å². The van der Waals surface area contributed by atoms with Crippen LogP contribution in [0.5, 0.6) is 0 Å². The number of aliphatic carboxylic acids is 1. The van der Waals surface area contributed by atoms with Crippen LogP contribution in [0.3, 0.4) is 0 Å². The summed E-state index contributed by atoms with van der Waals surface area (Å²) in [7, 11) is 0. The van der Waals surface area contributed by atoms with Crippen molar-refractivity contribution < 1.29 is 14.7 Å². The maximum atomic E-state index is 12.3. The van der Waals surface area contributed by atoms with Gasteiger partial charge in [0.25, 0.3) is 0 Å². The summed E-state index contributed by atoms with van der Waals surface area (Å²) in [4.78, 5) is 25.6. The normalized spacial score (nSPS) is 21.1. The average molecular weight is 295 g/mol. The molecule has 1 N–H and O–H groups in total. The lowest BCUT2D eigenvalue weighted by Crippen LogP contribution is -2.30. The van der Waals surface area contributed by atoms with Crippen molar-refractivity contribution in [3.63, 3.8) is 0 Å². The molecule has 1 amide bonds. The van der Waals surface area contributed by atoms with Gasteiger partial charge in [0, 0.05) is 13.0 Å². The molecule has 0 unspecified atom stereocenters. The van der Waals surface area contributed by atoms with E-state index in [0.717, 1.165) is 11.1 Å². The Bertz CT molecular complexity index is 669. The van der Waals surface area contributed by atoms with Crippen LogP contribution in [0, 0.1) is 5.92 Å². The van der Waals surface area contributed by atoms with Gasteiger partial charge in [-0.15, -0.1) is 0 Å².